The summed E-state index contributed by atoms with van der Waals surface area (Å²) in [6.07, 6.45) is 2.38. The first-order valence-electron chi connectivity index (χ1n) is 6.81. The summed E-state index contributed by atoms with van der Waals surface area (Å²) in [6, 6.07) is 9.54. The molecule has 1 saturated heterocycles. The lowest BCUT2D eigenvalue weighted by molar-refractivity contribution is -0.126. The van der Waals surface area contributed by atoms with Crippen LogP contribution in [0.3, 0.4) is 0 Å². The van der Waals surface area contributed by atoms with Crippen molar-refractivity contribution in [3.63, 3.8) is 0 Å². The van der Waals surface area contributed by atoms with Gasteiger partial charge in [-0.05, 0) is 42.8 Å². The molecular weight excluding hydrogens is 292 g/mol. The van der Waals surface area contributed by atoms with Crippen molar-refractivity contribution in [1.29, 1.82) is 0 Å². The van der Waals surface area contributed by atoms with Crippen LogP contribution in [-0.4, -0.2) is 24.0 Å². The maximum atomic E-state index is 12.3. The molecule has 0 saturated carbocycles. The summed E-state index contributed by atoms with van der Waals surface area (Å²) in [7, 11) is 0. The van der Waals surface area contributed by atoms with E-state index in [1.165, 1.54) is 24.3 Å². The van der Waals surface area contributed by atoms with Gasteiger partial charge in [-0.3, -0.25) is 4.79 Å². The highest BCUT2D eigenvalue weighted by Gasteiger charge is 2.30. The molecule has 0 spiro atoms. The zero-order chi connectivity index (χ0) is 13.7. The second-order valence-corrected chi connectivity index (χ2v) is 6.56. The molecule has 0 aromatic heterocycles. The first-order valence-corrected chi connectivity index (χ1v) is 7.96. The highest BCUT2D eigenvalue weighted by Crippen LogP contribution is 2.22. The molecule has 1 fully saturated rings. The molecule has 1 aliphatic rings. The van der Waals surface area contributed by atoms with Crippen LogP contribution in [-0.2, 0) is 10.3 Å². The lowest BCUT2D eigenvalue weighted by Crippen LogP contribution is -2.50. The molecule has 1 unspecified atom stereocenters. The summed E-state index contributed by atoms with van der Waals surface area (Å²) in [5.41, 5.74) is 6.08. The number of benzene rings is 1. The number of thioether (sulfide) groups is 1. The average Bonchev–Trinajstić information content (AvgIpc) is 2.46. The Bertz CT molecular complexity index is 419. The van der Waals surface area contributed by atoms with Gasteiger partial charge in [0.2, 0.25) is 5.91 Å². The predicted octanol–water partition coefficient (Wildman–Crippen LogP) is 2.54. The van der Waals surface area contributed by atoms with Crippen LogP contribution < -0.4 is 11.1 Å². The Morgan fingerprint density at radius 1 is 1.35 bits per heavy atom. The maximum Gasteiger partial charge on any atom is 0.244 e. The van der Waals surface area contributed by atoms with E-state index in [1.807, 2.05) is 42.1 Å². The van der Waals surface area contributed by atoms with Gasteiger partial charge in [0.15, 0.2) is 0 Å². The fourth-order valence-electron chi connectivity index (χ4n) is 2.29. The van der Waals surface area contributed by atoms with Gasteiger partial charge in [-0.1, -0.05) is 30.3 Å². The van der Waals surface area contributed by atoms with Gasteiger partial charge in [-0.25, -0.2) is 0 Å². The van der Waals surface area contributed by atoms with Gasteiger partial charge in [-0.2, -0.15) is 11.8 Å². The molecule has 5 heteroatoms. The average molecular weight is 315 g/mol. The normalized spacial score (nSPS) is 18.7. The van der Waals surface area contributed by atoms with Crippen LogP contribution in [0, 0.1) is 5.92 Å². The monoisotopic (exact) mass is 314 g/mol. The van der Waals surface area contributed by atoms with E-state index in [0.29, 0.717) is 5.92 Å². The van der Waals surface area contributed by atoms with Gasteiger partial charge in [-0.15, -0.1) is 12.4 Å². The first-order chi connectivity index (χ1) is 9.10. The number of halogens is 1. The minimum Gasteiger partial charge on any atom is -0.354 e. The number of amides is 1. The number of hydrogen-bond donors (Lipinski definition) is 2. The summed E-state index contributed by atoms with van der Waals surface area (Å²) >= 11 is 2.00. The second kappa shape index (κ2) is 7.91. The fraction of sp³-hybridized carbons (Fsp3) is 0.533. The number of carbonyl (C=O) groups is 1. The van der Waals surface area contributed by atoms with Gasteiger partial charge in [0.25, 0.3) is 0 Å². The SMILES string of the molecule is CC(N)(C(=O)NCC1CCSCC1)c1ccccc1.Cl. The summed E-state index contributed by atoms with van der Waals surface area (Å²) in [6.45, 7) is 2.52. The fourth-order valence-corrected chi connectivity index (χ4v) is 3.49. The molecule has 2 rings (SSSR count). The first kappa shape index (κ1) is 17.3. The van der Waals surface area contributed by atoms with Crippen molar-refractivity contribution in [1.82, 2.24) is 5.32 Å². The molecule has 112 valence electrons. The molecule has 0 radical (unpaired) electrons. The molecule has 1 amide bonds. The van der Waals surface area contributed by atoms with Gasteiger partial charge in [0.05, 0.1) is 0 Å². The van der Waals surface area contributed by atoms with E-state index in [9.17, 15) is 4.79 Å². The Labute approximate surface area is 131 Å². The van der Waals surface area contributed by atoms with E-state index in [-0.39, 0.29) is 18.3 Å². The van der Waals surface area contributed by atoms with Crippen molar-refractivity contribution in [3.8, 4) is 0 Å². The molecule has 1 aromatic rings. The van der Waals surface area contributed by atoms with Gasteiger partial charge in [0, 0.05) is 6.54 Å². The predicted molar refractivity (Wildman–Crippen MR) is 88.3 cm³/mol. The van der Waals surface area contributed by atoms with Crippen molar-refractivity contribution >= 4 is 30.1 Å². The summed E-state index contributed by atoms with van der Waals surface area (Å²) in [4.78, 5) is 12.3. The number of nitrogens with one attached hydrogen (secondary N) is 1. The van der Waals surface area contributed by atoms with Crippen LogP contribution in [0.4, 0.5) is 0 Å². The van der Waals surface area contributed by atoms with Crippen LogP contribution in [0.2, 0.25) is 0 Å². The molecule has 1 heterocycles. The molecule has 20 heavy (non-hydrogen) atoms. The van der Waals surface area contributed by atoms with E-state index >= 15 is 0 Å². The molecule has 1 aromatic carbocycles. The Kier molecular flexibility index (Phi) is 6.86. The minimum absolute atomic E-state index is 0. The highest BCUT2D eigenvalue weighted by molar-refractivity contribution is 7.99. The smallest absolute Gasteiger partial charge is 0.244 e. The highest BCUT2D eigenvalue weighted by atomic mass is 35.5. The number of rotatable bonds is 4. The van der Waals surface area contributed by atoms with E-state index < -0.39 is 5.54 Å². The van der Waals surface area contributed by atoms with Crippen LogP contribution in [0.1, 0.15) is 25.3 Å². The Morgan fingerprint density at radius 3 is 2.55 bits per heavy atom. The second-order valence-electron chi connectivity index (χ2n) is 5.33. The van der Waals surface area contributed by atoms with Crippen molar-refractivity contribution < 1.29 is 4.79 Å². The largest absolute Gasteiger partial charge is 0.354 e. The minimum atomic E-state index is -0.954. The number of carbonyl (C=O) groups excluding carboxylic acids is 1. The van der Waals surface area contributed by atoms with E-state index in [1.54, 1.807) is 6.92 Å². The van der Waals surface area contributed by atoms with Gasteiger partial charge >= 0.3 is 0 Å². The third kappa shape index (κ3) is 4.40. The lowest BCUT2D eigenvalue weighted by atomic mass is 9.92. The Morgan fingerprint density at radius 2 is 1.95 bits per heavy atom. The van der Waals surface area contributed by atoms with Gasteiger partial charge < -0.3 is 11.1 Å². The number of nitrogens with two attached hydrogens (primary N) is 1. The Hall–Kier alpha value is -0.710. The van der Waals surface area contributed by atoms with E-state index in [0.717, 1.165) is 12.1 Å². The lowest BCUT2D eigenvalue weighted by Gasteiger charge is -2.27. The molecular formula is C15H23ClN2OS. The molecule has 3 nitrogen and oxygen atoms in total. The molecule has 0 aliphatic carbocycles. The third-order valence-electron chi connectivity index (χ3n) is 3.74. The van der Waals surface area contributed by atoms with Crippen LogP contribution in [0.15, 0.2) is 30.3 Å². The summed E-state index contributed by atoms with van der Waals surface area (Å²) in [5.74, 6) is 2.94. The van der Waals surface area contributed by atoms with E-state index in [2.05, 4.69) is 5.32 Å². The van der Waals surface area contributed by atoms with Crippen LogP contribution in [0.5, 0.6) is 0 Å². The van der Waals surface area contributed by atoms with Crippen molar-refractivity contribution in [2.24, 2.45) is 11.7 Å². The van der Waals surface area contributed by atoms with Crippen molar-refractivity contribution in [2.75, 3.05) is 18.1 Å². The maximum absolute atomic E-state index is 12.3. The molecule has 1 atom stereocenters. The summed E-state index contributed by atoms with van der Waals surface area (Å²) in [5, 5.41) is 3.02. The van der Waals surface area contributed by atoms with E-state index in [4.69, 9.17) is 5.73 Å². The summed E-state index contributed by atoms with van der Waals surface area (Å²) < 4.78 is 0. The quantitative estimate of drug-likeness (QED) is 0.898. The molecule has 3 N–H and O–H groups in total. The number of hydrogen-bond acceptors (Lipinski definition) is 3. The van der Waals surface area contributed by atoms with Crippen LogP contribution in [0.25, 0.3) is 0 Å². The Balaban J connectivity index is 0.00000200. The zero-order valence-corrected chi connectivity index (χ0v) is 13.4. The molecule has 1 aliphatic heterocycles. The molecule has 0 bridgehead atoms. The van der Waals surface area contributed by atoms with Gasteiger partial charge in [0.1, 0.15) is 5.54 Å². The topological polar surface area (TPSA) is 55.1 Å². The third-order valence-corrected chi connectivity index (χ3v) is 4.79. The van der Waals surface area contributed by atoms with Crippen LogP contribution >= 0.6 is 24.2 Å². The standard InChI is InChI=1S/C15H22N2OS.ClH/c1-15(16,13-5-3-2-4-6-13)14(18)17-11-12-7-9-19-10-8-12;/h2-6,12H,7-11,16H2,1H3,(H,17,18);1H. The van der Waals surface area contributed by atoms with Crippen molar-refractivity contribution in [2.45, 2.75) is 25.3 Å². The van der Waals surface area contributed by atoms with Crippen molar-refractivity contribution in [3.05, 3.63) is 35.9 Å². The zero-order valence-electron chi connectivity index (χ0n) is 11.8.